The van der Waals surface area contributed by atoms with Crippen LogP contribution in [0.2, 0.25) is 5.02 Å². The molecule has 0 radical (unpaired) electrons. The Morgan fingerprint density at radius 1 is 1.22 bits per heavy atom. The Balaban J connectivity index is 0.00000176. The fourth-order valence-electron chi connectivity index (χ4n) is 4.59. The van der Waals surface area contributed by atoms with Crippen LogP contribution in [0.3, 0.4) is 0 Å². The largest absolute Gasteiger partial charge is 0.368 e. The van der Waals surface area contributed by atoms with Crippen molar-refractivity contribution < 1.29 is 4.79 Å². The van der Waals surface area contributed by atoms with Crippen LogP contribution >= 0.6 is 11.6 Å². The van der Waals surface area contributed by atoms with E-state index in [1.165, 1.54) is 19.3 Å². The van der Waals surface area contributed by atoms with Crippen LogP contribution in [-0.2, 0) is 4.79 Å². The summed E-state index contributed by atoms with van der Waals surface area (Å²) in [5, 5.41) is 3.97. The van der Waals surface area contributed by atoms with Crippen molar-refractivity contribution in [2.45, 2.75) is 65.8 Å². The zero-order valence-electron chi connectivity index (χ0n) is 21.9. The van der Waals surface area contributed by atoms with E-state index in [1.807, 2.05) is 70.2 Å². The number of carbonyl (C=O) groups is 1. The molecule has 0 spiro atoms. The number of benzene rings is 1. The van der Waals surface area contributed by atoms with Gasteiger partial charge in [-0.15, -0.1) is 0 Å². The van der Waals surface area contributed by atoms with Crippen LogP contribution < -0.4 is 5.32 Å². The molecule has 1 saturated carbocycles. The molecule has 0 unspecified atom stereocenters. The number of nitrogens with one attached hydrogen (secondary N) is 1. The molecule has 6 heteroatoms. The number of pyridine rings is 1. The fraction of sp³-hybridized carbons (Fsp3) is 0.367. The van der Waals surface area contributed by atoms with Crippen LogP contribution in [0.5, 0.6) is 0 Å². The quantitative estimate of drug-likeness (QED) is 0.445. The van der Waals surface area contributed by atoms with Crippen molar-refractivity contribution in [3.8, 4) is 11.1 Å². The first-order valence-corrected chi connectivity index (χ1v) is 13.3. The SMILES string of the molecule is C=C(/N=C1\C(=C/C)C=C(c2ccc(-c3cccnc3)cc2Cl)C(=O)N1CC)NC1CCCCC1.CC. The lowest BCUT2D eigenvalue weighted by atomic mass is 9.94. The summed E-state index contributed by atoms with van der Waals surface area (Å²) in [5.74, 6) is 1.10. The molecule has 1 aromatic carbocycles. The first-order valence-electron chi connectivity index (χ1n) is 13.0. The van der Waals surface area contributed by atoms with E-state index >= 15 is 0 Å². The van der Waals surface area contributed by atoms with Crippen LogP contribution in [0.25, 0.3) is 16.7 Å². The number of aromatic nitrogens is 1. The van der Waals surface area contributed by atoms with Gasteiger partial charge in [-0.05, 0) is 50.5 Å². The highest BCUT2D eigenvalue weighted by molar-refractivity contribution is 6.37. The minimum Gasteiger partial charge on any atom is -0.368 e. The van der Waals surface area contributed by atoms with Gasteiger partial charge < -0.3 is 5.32 Å². The summed E-state index contributed by atoms with van der Waals surface area (Å²) in [4.78, 5) is 24.2. The van der Waals surface area contributed by atoms with Gasteiger partial charge in [-0.2, -0.15) is 0 Å². The third-order valence-electron chi connectivity index (χ3n) is 6.39. The molecular formula is C30H37ClN4O. The van der Waals surface area contributed by atoms with Crippen molar-refractivity contribution in [1.29, 1.82) is 0 Å². The van der Waals surface area contributed by atoms with Gasteiger partial charge in [0.15, 0.2) is 0 Å². The van der Waals surface area contributed by atoms with Gasteiger partial charge in [-0.3, -0.25) is 14.7 Å². The normalized spacial score (nSPS) is 18.5. The van der Waals surface area contributed by atoms with Crippen molar-refractivity contribution in [2.24, 2.45) is 4.99 Å². The van der Waals surface area contributed by atoms with E-state index in [1.54, 1.807) is 17.3 Å². The molecule has 0 bridgehead atoms. The molecule has 4 rings (SSSR count). The maximum Gasteiger partial charge on any atom is 0.260 e. The Morgan fingerprint density at radius 3 is 2.58 bits per heavy atom. The average Bonchev–Trinajstić information content (AvgIpc) is 2.91. The summed E-state index contributed by atoms with van der Waals surface area (Å²) in [5.41, 5.74) is 4.06. The van der Waals surface area contributed by atoms with Crippen molar-refractivity contribution in [1.82, 2.24) is 15.2 Å². The smallest absolute Gasteiger partial charge is 0.260 e. The summed E-state index contributed by atoms with van der Waals surface area (Å²) in [7, 11) is 0. The second-order valence-corrected chi connectivity index (χ2v) is 9.06. The Kier molecular flexibility index (Phi) is 10.1. The van der Waals surface area contributed by atoms with Crippen LogP contribution in [0.1, 0.15) is 65.4 Å². The first kappa shape index (κ1) is 27.4. The standard InChI is InChI=1S/C28H31ClN4O.C2H6/c1-4-20-16-25(24-14-13-21(17-26(24)29)22-10-9-15-30-18-22)28(34)33(5-2)27(20)32-19(3)31-23-11-7-6-8-12-23;1-2/h4,9-10,13-18,23,31H,3,5-8,11-12H2,1-2H3;1-2H3/b20-4-,32-27+;. The van der Waals surface area contributed by atoms with E-state index < -0.39 is 0 Å². The Morgan fingerprint density at radius 2 is 1.97 bits per heavy atom. The van der Waals surface area contributed by atoms with E-state index in [9.17, 15) is 4.79 Å². The third kappa shape index (κ3) is 6.33. The summed E-state index contributed by atoms with van der Waals surface area (Å²) in [6.45, 7) is 12.5. The monoisotopic (exact) mass is 504 g/mol. The maximum atomic E-state index is 13.5. The molecule has 1 N–H and O–H groups in total. The highest BCUT2D eigenvalue weighted by Gasteiger charge is 2.31. The lowest BCUT2D eigenvalue weighted by molar-refractivity contribution is -0.121. The van der Waals surface area contributed by atoms with Gasteiger partial charge in [0, 0.05) is 52.3 Å². The molecule has 2 aliphatic rings. The molecule has 1 amide bonds. The maximum absolute atomic E-state index is 13.5. The fourth-order valence-corrected chi connectivity index (χ4v) is 4.87. The molecule has 36 heavy (non-hydrogen) atoms. The molecule has 5 nitrogen and oxygen atoms in total. The summed E-state index contributed by atoms with van der Waals surface area (Å²) in [6, 6.07) is 10.0. The highest BCUT2D eigenvalue weighted by Crippen LogP contribution is 2.34. The Labute approximate surface area is 220 Å². The summed E-state index contributed by atoms with van der Waals surface area (Å²) in [6.07, 6.45) is 13.4. The van der Waals surface area contributed by atoms with Crippen LogP contribution in [0.4, 0.5) is 0 Å². The topological polar surface area (TPSA) is 57.6 Å². The average molecular weight is 505 g/mol. The number of rotatable bonds is 6. The number of allylic oxidation sites excluding steroid dienone is 1. The van der Waals surface area contributed by atoms with E-state index in [0.29, 0.717) is 40.4 Å². The predicted octanol–water partition coefficient (Wildman–Crippen LogP) is 7.41. The van der Waals surface area contributed by atoms with Crippen LogP contribution in [0, 0.1) is 0 Å². The van der Waals surface area contributed by atoms with E-state index in [0.717, 1.165) is 29.5 Å². The van der Waals surface area contributed by atoms with Gasteiger partial charge in [0.05, 0.1) is 0 Å². The highest BCUT2D eigenvalue weighted by atomic mass is 35.5. The van der Waals surface area contributed by atoms with Gasteiger partial charge in [-0.25, -0.2) is 4.99 Å². The van der Waals surface area contributed by atoms with Crippen LogP contribution in [-0.4, -0.2) is 34.2 Å². The van der Waals surface area contributed by atoms with Crippen LogP contribution in [0.15, 0.2) is 77.8 Å². The minimum absolute atomic E-state index is 0.117. The number of likely N-dealkylation sites (N-methyl/N-ethyl adjacent to an activating group) is 1. The van der Waals surface area contributed by atoms with Crippen molar-refractivity contribution in [3.05, 3.63) is 83.4 Å². The number of amidine groups is 1. The number of amides is 1. The molecule has 2 aromatic rings. The molecular weight excluding hydrogens is 468 g/mol. The molecule has 0 atom stereocenters. The van der Waals surface area contributed by atoms with E-state index in [4.69, 9.17) is 16.6 Å². The molecule has 1 fully saturated rings. The van der Waals surface area contributed by atoms with Crippen molar-refractivity contribution in [2.75, 3.05) is 6.54 Å². The van der Waals surface area contributed by atoms with E-state index in [2.05, 4.69) is 16.9 Å². The number of nitrogens with zero attached hydrogens (tertiary/aromatic N) is 3. The zero-order valence-corrected chi connectivity index (χ0v) is 22.6. The van der Waals surface area contributed by atoms with Gasteiger partial charge in [0.25, 0.3) is 5.91 Å². The molecule has 190 valence electrons. The molecule has 1 aliphatic carbocycles. The summed E-state index contributed by atoms with van der Waals surface area (Å²) >= 11 is 6.68. The van der Waals surface area contributed by atoms with Crippen molar-refractivity contribution in [3.63, 3.8) is 0 Å². The molecule has 1 aromatic heterocycles. The number of halogens is 1. The zero-order chi connectivity index (χ0) is 26.1. The molecule has 2 heterocycles. The number of hydrogen-bond donors (Lipinski definition) is 1. The van der Waals surface area contributed by atoms with E-state index in [-0.39, 0.29) is 5.91 Å². The minimum atomic E-state index is -0.117. The number of carbonyl (C=O) groups excluding carboxylic acids is 1. The van der Waals surface area contributed by atoms with Gasteiger partial charge in [0.2, 0.25) is 0 Å². The van der Waals surface area contributed by atoms with Gasteiger partial charge >= 0.3 is 0 Å². The second kappa shape index (κ2) is 13.2. The van der Waals surface area contributed by atoms with Crippen molar-refractivity contribution >= 4 is 28.9 Å². The Hall–Kier alpha value is -3.18. The Bertz CT molecular complexity index is 1160. The second-order valence-electron chi connectivity index (χ2n) is 8.65. The molecule has 0 saturated heterocycles. The predicted molar refractivity (Wildman–Crippen MR) is 152 cm³/mol. The lowest BCUT2D eigenvalue weighted by Gasteiger charge is -2.30. The van der Waals surface area contributed by atoms with Gasteiger partial charge in [0.1, 0.15) is 11.7 Å². The van der Waals surface area contributed by atoms with Gasteiger partial charge in [-0.1, -0.05) is 75.6 Å². The first-order chi connectivity index (χ1) is 17.5. The lowest BCUT2D eigenvalue weighted by Crippen LogP contribution is -2.41. The molecule has 1 aliphatic heterocycles. The summed E-state index contributed by atoms with van der Waals surface area (Å²) < 4.78 is 0. The number of aliphatic imine (C=N–C) groups is 1. The number of hydrogen-bond acceptors (Lipinski definition) is 4. The third-order valence-corrected chi connectivity index (χ3v) is 6.70.